The predicted molar refractivity (Wildman–Crippen MR) is 130 cm³/mol. The second-order valence-corrected chi connectivity index (χ2v) is 7.94. The van der Waals surface area contributed by atoms with E-state index in [9.17, 15) is 9.59 Å². The molecule has 0 fully saturated rings. The van der Waals surface area contributed by atoms with Gasteiger partial charge in [-0.3, -0.25) is 9.59 Å². The van der Waals surface area contributed by atoms with Crippen LogP contribution >= 0.6 is 0 Å². The number of carbonyl (C=O) groups is 2. The molecule has 0 bridgehead atoms. The third-order valence-corrected chi connectivity index (χ3v) is 5.64. The summed E-state index contributed by atoms with van der Waals surface area (Å²) in [6, 6.07) is 18.6. The molecule has 0 aliphatic heterocycles. The van der Waals surface area contributed by atoms with Gasteiger partial charge in [0.1, 0.15) is 5.75 Å². The molecule has 32 heavy (non-hydrogen) atoms. The monoisotopic (exact) mass is 430 g/mol. The van der Waals surface area contributed by atoms with Gasteiger partial charge in [0.2, 0.25) is 0 Å². The van der Waals surface area contributed by atoms with Gasteiger partial charge in [-0.25, -0.2) is 0 Å². The first-order valence-corrected chi connectivity index (χ1v) is 10.8. The summed E-state index contributed by atoms with van der Waals surface area (Å²) in [5.74, 6) is 0.116. The number of carbonyl (C=O) groups excluding carboxylic acids is 2. The highest BCUT2D eigenvalue weighted by Crippen LogP contribution is 2.23. The average molecular weight is 431 g/mol. The minimum Gasteiger partial charge on any atom is -0.481 e. The smallest absolute Gasteiger partial charge is 0.265 e. The van der Waals surface area contributed by atoms with Crippen LogP contribution in [0.3, 0.4) is 0 Å². The molecule has 1 atom stereocenters. The molecule has 0 radical (unpaired) electrons. The van der Waals surface area contributed by atoms with Gasteiger partial charge in [0, 0.05) is 16.9 Å². The summed E-state index contributed by atoms with van der Waals surface area (Å²) in [4.78, 5) is 25.3. The molecule has 0 aliphatic carbocycles. The number of anilines is 2. The highest BCUT2D eigenvalue weighted by atomic mass is 16.5. The Balaban J connectivity index is 1.63. The van der Waals surface area contributed by atoms with Crippen molar-refractivity contribution in [2.75, 3.05) is 10.6 Å². The lowest BCUT2D eigenvalue weighted by atomic mass is 10.1. The Kier molecular flexibility index (Phi) is 7.31. The van der Waals surface area contributed by atoms with Crippen molar-refractivity contribution in [3.8, 4) is 5.75 Å². The molecule has 0 aromatic heterocycles. The first kappa shape index (κ1) is 23.1. The zero-order valence-corrected chi connectivity index (χ0v) is 19.3. The van der Waals surface area contributed by atoms with Crippen molar-refractivity contribution < 1.29 is 14.3 Å². The Hall–Kier alpha value is -3.60. The van der Waals surface area contributed by atoms with Crippen LogP contribution in [-0.2, 0) is 11.2 Å². The summed E-state index contributed by atoms with van der Waals surface area (Å²) in [6.45, 7) is 9.73. The number of hydrogen-bond acceptors (Lipinski definition) is 3. The molecular formula is C27H30N2O3. The summed E-state index contributed by atoms with van der Waals surface area (Å²) >= 11 is 0. The lowest BCUT2D eigenvalue weighted by Crippen LogP contribution is -2.30. The van der Waals surface area contributed by atoms with E-state index in [0.29, 0.717) is 11.3 Å². The van der Waals surface area contributed by atoms with Crippen molar-refractivity contribution >= 4 is 23.2 Å². The summed E-state index contributed by atoms with van der Waals surface area (Å²) in [5.41, 5.74) is 6.42. The number of nitrogens with one attached hydrogen (secondary N) is 2. The van der Waals surface area contributed by atoms with Gasteiger partial charge in [0.15, 0.2) is 6.10 Å². The molecule has 0 spiro atoms. The van der Waals surface area contributed by atoms with Crippen LogP contribution in [0.25, 0.3) is 0 Å². The number of aryl methyl sites for hydroxylation is 3. The van der Waals surface area contributed by atoms with Crippen molar-refractivity contribution in [1.82, 2.24) is 0 Å². The molecule has 166 valence electrons. The molecule has 0 aliphatic rings. The van der Waals surface area contributed by atoms with Gasteiger partial charge >= 0.3 is 0 Å². The maximum absolute atomic E-state index is 12.7. The molecule has 0 saturated carbocycles. The Labute approximate surface area is 189 Å². The van der Waals surface area contributed by atoms with Gasteiger partial charge < -0.3 is 15.4 Å². The van der Waals surface area contributed by atoms with Gasteiger partial charge in [-0.1, -0.05) is 37.3 Å². The molecule has 0 saturated heterocycles. The molecule has 2 N–H and O–H groups in total. The van der Waals surface area contributed by atoms with E-state index in [1.807, 2.05) is 57.2 Å². The van der Waals surface area contributed by atoms with Crippen LogP contribution < -0.4 is 15.4 Å². The lowest BCUT2D eigenvalue weighted by molar-refractivity contribution is -0.122. The van der Waals surface area contributed by atoms with E-state index in [-0.39, 0.29) is 11.8 Å². The van der Waals surface area contributed by atoms with Gasteiger partial charge in [0.05, 0.1) is 0 Å². The van der Waals surface area contributed by atoms with Crippen molar-refractivity contribution in [3.63, 3.8) is 0 Å². The Morgan fingerprint density at radius 2 is 1.53 bits per heavy atom. The van der Waals surface area contributed by atoms with E-state index in [0.717, 1.165) is 40.0 Å². The molecule has 3 aromatic rings. The fourth-order valence-electron chi connectivity index (χ4n) is 3.45. The number of hydrogen-bond donors (Lipinski definition) is 2. The van der Waals surface area contributed by atoms with Gasteiger partial charge in [-0.15, -0.1) is 0 Å². The normalized spacial score (nSPS) is 11.5. The van der Waals surface area contributed by atoms with Gasteiger partial charge in [-0.2, -0.15) is 0 Å². The molecule has 0 unspecified atom stereocenters. The quantitative estimate of drug-likeness (QED) is 0.495. The Morgan fingerprint density at radius 1 is 0.875 bits per heavy atom. The van der Waals surface area contributed by atoms with E-state index in [1.165, 1.54) is 0 Å². The highest BCUT2D eigenvalue weighted by Gasteiger charge is 2.17. The first-order chi connectivity index (χ1) is 15.3. The van der Waals surface area contributed by atoms with E-state index in [1.54, 1.807) is 31.2 Å². The van der Waals surface area contributed by atoms with Crippen molar-refractivity contribution in [2.45, 2.75) is 47.1 Å². The first-order valence-electron chi connectivity index (χ1n) is 10.8. The highest BCUT2D eigenvalue weighted by molar-refractivity contribution is 6.04. The van der Waals surface area contributed by atoms with Crippen molar-refractivity contribution in [1.29, 1.82) is 0 Å². The zero-order valence-electron chi connectivity index (χ0n) is 19.3. The fraction of sp³-hybridized carbons (Fsp3) is 0.259. The van der Waals surface area contributed by atoms with Crippen LogP contribution in [0, 0.1) is 20.8 Å². The second-order valence-electron chi connectivity index (χ2n) is 7.94. The van der Waals surface area contributed by atoms with Gasteiger partial charge in [-0.05, 0) is 86.7 Å². The van der Waals surface area contributed by atoms with Crippen LogP contribution in [0.2, 0.25) is 0 Å². The molecule has 3 rings (SSSR count). The Bertz CT molecular complexity index is 1120. The number of benzene rings is 3. The molecule has 3 aromatic carbocycles. The number of ether oxygens (including phenoxy) is 1. The van der Waals surface area contributed by atoms with Crippen LogP contribution in [0.1, 0.15) is 46.5 Å². The van der Waals surface area contributed by atoms with Crippen molar-refractivity contribution in [3.05, 3.63) is 88.5 Å². The summed E-state index contributed by atoms with van der Waals surface area (Å²) < 4.78 is 5.81. The average Bonchev–Trinajstić information content (AvgIpc) is 2.78. The third kappa shape index (κ3) is 5.35. The summed E-state index contributed by atoms with van der Waals surface area (Å²) in [5, 5.41) is 5.93. The molecule has 0 heterocycles. The predicted octanol–water partition coefficient (Wildman–Crippen LogP) is 5.83. The second kappa shape index (κ2) is 10.1. The van der Waals surface area contributed by atoms with E-state index >= 15 is 0 Å². The van der Waals surface area contributed by atoms with Gasteiger partial charge in [0.25, 0.3) is 11.8 Å². The van der Waals surface area contributed by atoms with Crippen LogP contribution in [0.15, 0.2) is 60.7 Å². The number of para-hydroxylation sites is 1. The standard InChI is InChI=1S/C27H30N2O3/c1-6-21-11-7-10-18(3)25(21)29-26(30)20(5)32-23-15-13-22(14-16-23)27(31)28-24-12-8-9-17(2)19(24)4/h7-16,20H,6H2,1-5H3,(H,28,31)(H,29,30)/t20-/m0/s1. The molecule has 5 heteroatoms. The van der Waals surface area contributed by atoms with Crippen molar-refractivity contribution in [2.24, 2.45) is 0 Å². The summed E-state index contributed by atoms with van der Waals surface area (Å²) in [7, 11) is 0. The largest absolute Gasteiger partial charge is 0.481 e. The molecular weight excluding hydrogens is 400 g/mol. The lowest BCUT2D eigenvalue weighted by Gasteiger charge is -2.18. The third-order valence-electron chi connectivity index (χ3n) is 5.64. The van der Waals surface area contributed by atoms with E-state index in [2.05, 4.69) is 17.6 Å². The van der Waals surface area contributed by atoms with E-state index < -0.39 is 6.10 Å². The van der Waals surface area contributed by atoms with Crippen LogP contribution in [-0.4, -0.2) is 17.9 Å². The SMILES string of the molecule is CCc1cccc(C)c1NC(=O)[C@H](C)Oc1ccc(C(=O)Nc2cccc(C)c2C)cc1. The van der Waals surface area contributed by atoms with E-state index in [4.69, 9.17) is 4.74 Å². The molecule has 2 amide bonds. The van der Waals surface area contributed by atoms with Crippen LogP contribution in [0.4, 0.5) is 11.4 Å². The minimum atomic E-state index is -0.686. The Morgan fingerprint density at radius 3 is 2.22 bits per heavy atom. The minimum absolute atomic E-state index is 0.192. The fourth-order valence-corrected chi connectivity index (χ4v) is 3.45. The molecule has 5 nitrogen and oxygen atoms in total. The van der Waals surface area contributed by atoms with Crippen LogP contribution in [0.5, 0.6) is 5.75 Å². The maximum atomic E-state index is 12.7. The number of rotatable bonds is 7. The maximum Gasteiger partial charge on any atom is 0.265 e. The number of amides is 2. The topological polar surface area (TPSA) is 67.4 Å². The zero-order chi connectivity index (χ0) is 23.3. The summed E-state index contributed by atoms with van der Waals surface area (Å²) in [6.07, 6.45) is 0.145.